The lowest BCUT2D eigenvalue weighted by Crippen LogP contribution is -2.48. The molecule has 0 aliphatic rings. The Balaban J connectivity index is 3.50. The highest BCUT2D eigenvalue weighted by molar-refractivity contribution is 5.74. The average molecular weight is 205 g/mol. The molecule has 0 saturated carbocycles. The summed E-state index contributed by atoms with van der Waals surface area (Å²) in [6.45, 7) is 4.64. The molecule has 0 rings (SSSR count). The Hall–Kier alpha value is -0.850. The van der Waals surface area contributed by atoms with E-state index in [9.17, 15) is 0 Å². The van der Waals surface area contributed by atoms with E-state index in [-0.39, 0.29) is 12.6 Å². The van der Waals surface area contributed by atoms with E-state index in [4.69, 9.17) is 25.7 Å². The van der Waals surface area contributed by atoms with Gasteiger partial charge in [0.1, 0.15) is 5.72 Å². The van der Waals surface area contributed by atoms with Crippen molar-refractivity contribution < 1.29 is 14.6 Å². The standard InChI is InChI=1S/C8H19N3O3/c1-8(2,11-7(9)10)14-6-5-13-4-3-12/h12H,3-6H2,1-2H3,(H4,9,10,11). The third-order valence-electron chi connectivity index (χ3n) is 1.36. The maximum atomic E-state index is 8.42. The summed E-state index contributed by atoms with van der Waals surface area (Å²) in [7, 11) is 0. The first-order valence-electron chi connectivity index (χ1n) is 4.43. The summed E-state index contributed by atoms with van der Waals surface area (Å²) >= 11 is 0. The van der Waals surface area contributed by atoms with Crippen molar-refractivity contribution >= 4 is 5.96 Å². The lowest BCUT2D eigenvalue weighted by Gasteiger charge is -2.26. The molecule has 0 atom stereocenters. The minimum Gasteiger partial charge on any atom is -0.394 e. The minimum atomic E-state index is -0.672. The number of nitrogens with two attached hydrogens (primary N) is 1. The van der Waals surface area contributed by atoms with Crippen LogP contribution in [0.25, 0.3) is 0 Å². The molecule has 0 aromatic rings. The number of ether oxygens (including phenoxy) is 2. The molecule has 0 fully saturated rings. The molecule has 0 unspecified atom stereocenters. The fourth-order valence-corrected chi connectivity index (χ4v) is 0.883. The zero-order chi connectivity index (χ0) is 11.0. The Labute approximate surface area is 83.9 Å². The van der Waals surface area contributed by atoms with E-state index >= 15 is 0 Å². The summed E-state index contributed by atoms with van der Waals surface area (Å²) in [5.41, 5.74) is 4.49. The van der Waals surface area contributed by atoms with Gasteiger partial charge in [-0.2, -0.15) is 0 Å². The zero-order valence-electron chi connectivity index (χ0n) is 8.67. The summed E-state index contributed by atoms with van der Waals surface area (Å²) in [6.07, 6.45) is 0. The van der Waals surface area contributed by atoms with E-state index < -0.39 is 5.72 Å². The van der Waals surface area contributed by atoms with Crippen LogP contribution in [-0.2, 0) is 9.47 Å². The second kappa shape index (κ2) is 6.58. The van der Waals surface area contributed by atoms with Gasteiger partial charge in [0.25, 0.3) is 0 Å². The van der Waals surface area contributed by atoms with Gasteiger partial charge in [0.05, 0.1) is 26.4 Å². The Bertz CT molecular complexity index is 173. The minimum absolute atomic E-state index is 0.00902. The van der Waals surface area contributed by atoms with Crippen LogP contribution in [0.3, 0.4) is 0 Å². The van der Waals surface area contributed by atoms with Crippen LogP contribution in [0.15, 0.2) is 0 Å². The van der Waals surface area contributed by atoms with Crippen molar-refractivity contribution in [2.24, 2.45) is 5.73 Å². The van der Waals surface area contributed by atoms with E-state index in [0.29, 0.717) is 19.8 Å². The normalized spacial score (nSPS) is 11.4. The van der Waals surface area contributed by atoms with Crippen LogP contribution in [0.2, 0.25) is 0 Å². The Morgan fingerprint density at radius 3 is 2.57 bits per heavy atom. The molecule has 5 N–H and O–H groups in total. The summed E-state index contributed by atoms with van der Waals surface area (Å²) in [6, 6.07) is 0. The zero-order valence-corrected chi connectivity index (χ0v) is 8.67. The Kier molecular flexibility index (Phi) is 6.18. The highest BCUT2D eigenvalue weighted by Crippen LogP contribution is 2.02. The Morgan fingerprint density at radius 2 is 2.07 bits per heavy atom. The molecule has 14 heavy (non-hydrogen) atoms. The van der Waals surface area contributed by atoms with Crippen LogP contribution in [0.1, 0.15) is 13.8 Å². The quantitative estimate of drug-likeness (QED) is 0.189. The van der Waals surface area contributed by atoms with Gasteiger partial charge in [0, 0.05) is 0 Å². The molecule has 0 bridgehead atoms. The summed E-state index contributed by atoms with van der Waals surface area (Å²) in [4.78, 5) is 0. The van der Waals surface area contributed by atoms with Gasteiger partial charge in [-0.05, 0) is 13.8 Å². The number of guanidine groups is 1. The number of rotatable bonds is 7. The van der Waals surface area contributed by atoms with Crippen LogP contribution in [0.5, 0.6) is 0 Å². The second-order valence-corrected chi connectivity index (χ2v) is 3.23. The number of aliphatic hydroxyl groups is 1. The molecule has 0 heterocycles. The average Bonchev–Trinajstić information content (AvgIpc) is 2.01. The maximum Gasteiger partial charge on any atom is 0.187 e. The maximum absolute atomic E-state index is 8.42. The van der Waals surface area contributed by atoms with Gasteiger partial charge in [0.15, 0.2) is 5.96 Å². The van der Waals surface area contributed by atoms with Crippen LogP contribution in [-0.4, -0.2) is 43.2 Å². The topological polar surface area (TPSA) is 101 Å². The van der Waals surface area contributed by atoms with E-state index in [1.54, 1.807) is 13.8 Å². The van der Waals surface area contributed by atoms with Gasteiger partial charge in [0.2, 0.25) is 0 Å². The highest BCUT2D eigenvalue weighted by Gasteiger charge is 2.17. The molecule has 6 nitrogen and oxygen atoms in total. The molecule has 0 aliphatic carbocycles. The molecule has 0 spiro atoms. The van der Waals surface area contributed by atoms with Crippen molar-refractivity contribution in [3.05, 3.63) is 0 Å². The van der Waals surface area contributed by atoms with Gasteiger partial charge in [-0.1, -0.05) is 0 Å². The van der Waals surface area contributed by atoms with Crippen LogP contribution in [0, 0.1) is 5.41 Å². The van der Waals surface area contributed by atoms with Gasteiger partial charge in [-0.15, -0.1) is 0 Å². The molecule has 0 radical (unpaired) electrons. The van der Waals surface area contributed by atoms with Crippen LogP contribution >= 0.6 is 0 Å². The lowest BCUT2D eigenvalue weighted by atomic mass is 10.3. The predicted octanol–water partition coefficient (Wildman–Crippen LogP) is -0.769. The summed E-state index contributed by atoms with van der Waals surface area (Å²) in [5.74, 6) is -0.133. The molecule has 0 amide bonds. The number of hydrogen-bond donors (Lipinski definition) is 4. The molecule has 0 aromatic carbocycles. The fourth-order valence-electron chi connectivity index (χ4n) is 0.883. The first-order valence-corrected chi connectivity index (χ1v) is 4.43. The van der Waals surface area contributed by atoms with E-state index in [1.165, 1.54) is 0 Å². The van der Waals surface area contributed by atoms with Crippen LogP contribution < -0.4 is 11.1 Å². The van der Waals surface area contributed by atoms with Crippen molar-refractivity contribution in [2.75, 3.05) is 26.4 Å². The SMILES string of the molecule is CC(C)(NC(=N)N)OCCOCCO. The first kappa shape index (κ1) is 13.2. The van der Waals surface area contributed by atoms with Gasteiger partial charge in [-0.3, -0.25) is 5.41 Å². The van der Waals surface area contributed by atoms with Crippen molar-refractivity contribution in [2.45, 2.75) is 19.6 Å². The first-order chi connectivity index (χ1) is 6.48. The van der Waals surface area contributed by atoms with Gasteiger partial charge < -0.3 is 25.6 Å². The van der Waals surface area contributed by atoms with E-state index in [2.05, 4.69) is 5.32 Å². The lowest BCUT2D eigenvalue weighted by molar-refractivity contribution is -0.0573. The van der Waals surface area contributed by atoms with E-state index in [0.717, 1.165) is 0 Å². The number of hydrogen-bond acceptors (Lipinski definition) is 4. The van der Waals surface area contributed by atoms with Crippen molar-refractivity contribution in [3.63, 3.8) is 0 Å². The molecular formula is C8H19N3O3. The van der Waals surface area contributed by atoms with Crippen molar-refractivity contribution in [1.29, 1.82) is 5.41 Å². The summed E-state index contributed by atoms with van der Waals surface area (Å²) < 4.78 is 10.3. The van der Waals surface area contributed by atoms with Crippen molar-refractivity contribution in [3.8, 4) is 0 Å². The number of nitrogens with one attached hydrogen (secondary N) is 2. The molecule has 0 aromatic heterocycles. The largest absolute Gasteiger partial charge is 0.394 e. The molecule has 0 saturated heterocycles. The third-order valence-corrected chi connectivity index (χ3v) is 1.36. The number of aliphatic hydroxyl groups excluding tert-OH is 1. The van der Waals surface area contributed by atoms with Gasteiger partial charge in [-0.25, -0.2) is 0 Å². The monoisotopic (exact) mass is 205 g/mol. The molecule has 6 heteroatoms. The second-order valence-electron chi connectivity index (χ2n) is 3.23. The fraction of sp³-hybridized carbons (Fsp3) is 0.875. The summed E-state index contributed by atoms with van der Waals surface area (Å²) in [5, 5.41) is 18.1. The molecule has 0 aliphatic heterocycles. The predicted molar refractivity (Wildman–Crippen MR) is 53.0 cm³/mol. The van der Waals surface area contributed by atoms with Crippen LogP contribution in [0.4, 0.5) is 0 Å². The van der Waals surface area contributed by atoms with E-state index in [1.807, 2.05) is 0 Å². The molecule has 84 valence electrons. The highest BCUT2D eigenvalue weighted by atomic mass is 16.5. The molecular weight excluding hydrogens is 186 g/mol. The smallest absolute Gasteiger partial charge is 0.187 e. The van der Waals surface area contributed by atoms with Gasteiger partial charge >= 0.3 is 0 Å². The third kappa shape index (κ3) is 7.78. The van der Waals surface area contributed by atoms with Crippen molar-refractivity contribution in [1.82, 2.24) is 5.32 Å². The Morgan fingerprint density at radius 1 is 1.43 bits per heavy atom.